The first kappa shape index (κ1) is 27.0. The van der Waals surface area contributed by atoms with E-state index < -0.39 is 43.5 Å². The molecule has 0 aromatic heterocycles. The van der Waals surface area contributed by atoms with Gasteiger partial charge in [0.25, 0.3) is 0 Å². The van der Waals surface area contributed by atoms with Gasteiger partial charge in [0, 0.05) is 23.8 Å². The molecule has 9 heteroatoms. The molecule has 174 valence electrons. The van der Waals surface area contributed by atoms with E-state index in [9.17, 15) is 26.7 Å². The van der Waals surface area contributed by atoms with Gasteiger partial charge in [-0.15, -0.1) is 0 Å². The van der Waals surface area contributed by atoms with Crippen molar-refractivity contribution in [2.75, 3.05) is 0 Å². The molecular formula is C21H33F5O3Si. The van der Waals surface area contributed by atoms with Crippen LogP contribution in [0.15, 0.2) is 0 Å². The Kier molecular flexibility index (Phi) is 11.5. The van der Waals surface area contributed by atoms with Crippen LogP contribution >= 0.6 is 0 Å². The molecule has 0 unspecified atom stereocenters. The van der Waals surface area contributed by atoms with Crippen LogP contribution in [-0.4, -0.2) is 25.8 Å². The Hall–Kier alpha value is -1.03. The second-order valence-corrected chi connectivity index (χ2v) is 10.5. The number of unbranched alkanes of at least 4 members (excludes halogenated alkanes) is 6. The molecule has 30 heavy (non-hydrogen) atoms. The second-order valence-electron chi connectivity index (χ2n) is 8.07. The number of hydrogen-bond acceptors (Lipinski definition) is 3. The van der Waals surface area contributed by atoms with Crippen molar-refractivity contribution < 1.29 is 35.6 Å². The first-order valence-electron chi connectivity index (χ1n) is 10.6. The Labute approximate surface area is 177 Å². The minimum absolute atomic E-state index is 0.113. The molecule has 0 radical (unpaired) electrons. The van der Waals surface area contributed by atoms with Gasteiger partial charge in [-0.2, -0.15) is 0 Å². The number of benzene rings is 1. The molecule has 1 aromatic rings. The van der Waals surface area contributed by atoms with E-state index >= 15 is 0 Å². The fourth-order valence-corrected chi connectivity index (χ4v) is 5.75. The third-order valence-electron chi connectivity index (χ3n) is 4.56. The van der Waals surface area contributed by atoms with Crippen molar-refractivity contribution in [3.05, 3.63) is 34.6 Å². The molecule has 0 aliphatic carbocycles. The maximum Gasteiger partial charge on any atom is 0.498 e. The van der Waals surface area contributed by atoms with Gasteiger partial charge in [-0.05, 0) is 47.0 Å². The molecule has 0 saturated heterocycles. The van der Waals surface area contributed by atoms with Gasteiger partial charge in [0.1, 0.15) is 0 Å². The molecule has 0 aliphatic heterocycles. The first-order valence-corrected chi connectivity index (χ1v) is 12.5. The second kappa shape index (κ2) is 12.7. The highest BCUT2D eigenvalue weighted by atomic mass is 28.4. The highest BCUT2D eigenvalue weighted by Crippen LogP contribution is 2.25. The summed E-state index contributed by atoms with van der Waals surface area (Å²) < 4.78 is 77.9. The lowest BCUT2D eigenvalue weighted by Crippen LogP contribution is -2.46. The van der Waals surface area contributed by atoms with Crippen molar-refractivity contribution in [2.24, 2.45) is 0 Å². The van der Waals surface area contributed by atoms with E-state index in [1.165, 1.54) is 0 Å². The third kappa shape index (κ3) is 8.61. The van der Waals surface area contributed by atoms with E-state index in [1.807, 2.05) is 27.7 Å². The zero-order chi connectivity index (χ0) is 22.9. The molecule has 3 nitrogen and oxygen atoms in total. The molecule has 1 N–H and O–H groups in total. The van der Waals surface area contributed by atoms with Crippen molar-refractivity contribution >= 4 is 8.80 Å². The van der Waals surface area contributed by atoms with Crippen molar-refractivity contribution in [3.8, 4) is 0 Å². The van der Waals surface area contributed by atoms with Crippen molar-refractivity contribution in [3.63, 3.8) is 0 Å². The summed E-state index contributed by atoms with van der Waals surface area (Å²) in [5, 5.41) is 0. The van der Waals surface area contributed by atoms with Gasteiger partial charge >= 0.3 is 8.80 Å². The van der Waals surface area contributed by atoms with E-state index in [1.54, 1.807) is 0 Å². The summed E-state index contributed by atoms with van der Waals surface area (Å²) in [6, 6.07) is 0.490. The van der Waals surface area contributed by atoms with Gasteiger partial charge in [-0.3, -0.25) is 0 Å². The Morgan fingerprint density at radius 1 is 0.633 bits per heavy atom. The van der Waals surface area contributed by atoms with E-state index in [4.69, 9.17) is 8.85 Å². The van der Waals surface area contributed by atoms with Crippen LogP contribution in [0.4, 0.5) is 22.0 Å². The fourth-order valence-electron chi connectivity index (χ4n) is 3.29. The minimum Gasteiger partial charge on any atom is -0.390 e. The third-order valence-corrected chi connectivity index (χ3v) is 7.22. The van der Waals surface area contributed by atoms with Gasteiger partial charge < -0.3 is 13.6 Å². The van der Waals surface area contributed by atoms with Crippen molar-refractivity contribution in [2.45, 2.75) is 97.3 Å². The largest absolute Gasteiger partial charge is 0.498 e. The quantitative estimate of drug-likeness (QED) is 0.115. The smallest absolute Gasteiger partial charge is 0.390 e. The minimum atomic E-state index is -3.18. The predicted octanol–water partition coefficient (Wildman–Crippen LogP) is 6.44. The molecule has 0 saturated carbocycles. The summed E-state index contributed by atoms with van der Waals surface area (Å²) >= 11 is 0. The molecule has 0 amide bonds. The van der Waals surface area contributed by atoms with E-state index in [-0.39, 0.29) is 18.6 Å². The van der Waals surface area contributed by atoms with Gasteiger partial charge in [-0.1, -0.05) is 32.1 Å². The van der Waals surface area contributed by atoms with E-state index in [0.717, 1.165) is 32.1 Å². The number of hydrogen-bond donors (Lipinski definition) is 1. The fraction of sp³-hybridized carbons (Fsp3) is 0.714. The van der Waals surface area contributed by atoms with Gasteiger partial charge in [0.05, 0.1) is 0 Å². The average molecular weight is 457 g/mol. The topological polar surface area (TPSA) is 38.7 Å². The molecule has 0 aliphatic rings. The molecule has 0 spiro atoms. The lowest BCUT2D eigenvalue weighted by Gasteiger charge is -2.28. The van der Waals surface area contributed by atoms with Crippen LogP contribution in [-0.2, 0) is 15.3 Å². The number of halogens is 5. The summed E-state index contributed by atoms with van der Waals surface area (Å²) in [7, 11) is -3.18. The maximum absolute atomic E-state index is 13.6. The van der Waals surface area contributed by atoms with Crippen LogP contribution in [0.25, 0.3) is 0 Å². The Bertz CT molecular complexity index is 632. The van der Waals surface area contributed by atoms with Crippen LogP contribution in [0.3, 0.4) is 0 Å². The van der Waals surface area contributed by atoms with Gasteiger partial charge in [-0.25, -0.2) is 22.0 Å². The standard InChI is InChI=1S/C21H33F5O3Si/c1-14(2)28-30(27,29-15(3)4)13-11-9-7-5-6-8-10-12-16-17(22)19(24)21(26)20(25)18(16)23/h14-15,27H,5-13H2,1-4H3. The summed E-state index contributed by atoms with van der Waals surface area (Å²) in [5.41, 5.74) is -0.744. The van der Waals surface area contributed by atoms with Crippen LogP contribution < -0.4 is 0 Å². The highest BCUT2D eigenvalue weighted by Gasteiger charge is 2.38. The van der Waals surface area contributed by atoms with Gasteiger partial charge in [0.15, 0.2) is 23.3 Å². The molecule has 1 rings (SSSR count). The lowest BCUT2D eigenvalue weighted by molar-refractivity contribution is 0.0472. The Balaban J connectivity index is 2.28. The number of rotatable bonds is 14. The van der Waals surface area contributed by atoms with Gasteiger partial charge in [0.2, 0.25) is 5.82 Å². The Morgan fingerprint density at radius 2 is 1.00 bits per heavy atom. The molecule has 0 atom stereocenters. The van der Waals surface area contributed by atoms with Crippen LogP contribution in [0.2, 0.25) is 6.04 Å². The van der Waals surface area contributed by atoms with Crippen molar-refractivity contribution in [1.29, 1.82) is 0 Å². The SMILES string of the molecule is CC(C)O[Si](O)(CCCCCCCCCc1c(F)c(F)c(F)c(F)c1F)OC(C)C. The lowest BCUT2D eigenvalue weighted by atomic mass is 10.0. The first-order chi connectivity index (χ1) is 14.0. The highest BCUT2D eigenvalue weighted by molar-refractivity contribution is 6.59. The average Bonchev–Trinajstić information content (AvgIpc) is 2.64. The molecule has 1 aromatic carbocycles. The summed E-state index contributed by atoms with van der Waals surface area (Å²) in [6.45, 7) is 7.42. The van der Waals surface area contributed by atoms with Crippen LogP contribution in [0, 0.1) is 29.1 Å². The summed E-state index contributed by atoms with van der Waals surface area (Å²) in [6.07, 6.45) is 4.80. The molecular weight excluding hydrogens is 423 g/mol. The van der Waals surface area contributed by atoms with E-state index in [2.05, 4.69) is 0 Å². The van der Waals surface area contributed by atoms with E-state index in [0.29, 0.717) is 18.9 Å². The molecule has 0 bridgehead atoms. The summed E-state index contributed by atoms with van der Waals surface area (Å²) in [5.74, 6) is -9.39. The van der Waals surface area contributed by atoms with Crippen LogP contribution in [0.5, 0.6) is 0 Å². The maximum atomic E-state index is 13.6. The normalized spacial score (nSPS) is 12.4. The zero-order valence-electron chi connectivity index (χ0n) is 18.2. The zero-order valence-corrected chi connectivity index (χ0v) is 19.2. The predicted molar refractivity (Wildman–Crippen MR) is 107 cm³/mol. The molecule has 0 heterocycles. The summed E-state index contributed by atoms with van der Waals surface area (Å²) in [4.78, 5) is 10.6. The Morgan fingerprint density at radius 3 is 1.43 bits per heavy atom. The molecule has 0 fully saturated rings. The van der Waals surface area contributed by atoms with Crippen LogP contribution in [0.1, 0.15) is 78.2 Å². The monoisotopic (exact) mass is 456 g/mol. The van der Waals surface area contributed by atoms with Crippen molar-refractivity contribution in [1.82, 2.24) is 0 Å².